The van der Waals surface area contributed by atoms with Crippen molar-refractivity contribution in [2.75, 3.05) is 18.5 Å². The summed E-state index contributed by atoms with van der Waals surface area (Å²) in [6.07, 6.45) is 1.16. The van der Waals surface area contributed by atoms with Crippen LogP contribution in [0.1, 0.15) is 24.5 Å². The van der Waals surface area contributed by atoms with Crippen molar-refractivity contribution < 1.29 is 0 Å². The van der Waals surface area contributed by atoms with Gasteiger partial charge in [0.1, 0.15) is 0 Å². The second kappa shape index (κ2) is 8.20. The minimum atomic E-state index is 0.912. The Morgan fingerprint density at radius 3 is 2.57 bits per heavy atom. The van der Waals surface area contributed by atoms with Crippen LogP contribution in [0.3, 0.4) is 0 Å². The third-order valence-corrected chi connectivity index (χ3v) is 3.96. The minimum Gasteiger partial charge on any atom is -0.370 e. The Bertz CT molecular complexity index is 554. The zero-order chi connectivity index (χ0) is 15.1. The lowest BCUT2D eigenvalue weighted by Gasteiger charge is -2.23. The SMILES string of the molecule is CCCNCc1ccc(Br)cc1N(C)Cc1ccccc1. The molecule has 21 heavy (non-hydrogen) atoms. The Kier molecular flexibility index (Phi) is 6.27. The van der Waals surface area contributed by atoms with E-state index in [1.807, 2.05) is 0 Å². The van der Waals surface area contributed by atoms with Gasteiger partial charge in [0.05, 0.1) is 0 Å². The smallest absolute Gasteiger partial charge is 0.0426 e. The van der Waals surface area contributed by atoms with E-state index < -0.39 is 0 Å². The van der Waals surface area contributed by atoms with Crippen molar-refractivity contribution in [3.63, 3.8) is 0 Å². The number of anilines is 1. The van der Waals surface area contributed by atoms with Crippen LogP contribution < -0.4 is 10.2 Å². The molecule has 0 atom stereocenters. The van der Waals surface area contributed by atoms with Gasteiger partial charge in [0, 0.05) is 30.3 Å². The van der Waals surface area contributed by atoms with Crippen molar-refractivity contribution in [3.8, 4) is 0 Å². The fraction of sp³-hybridized carbons (Fsp3) is 0.333. The molecule has 0 unspecified atom stereocenters. The van der Waals surface area contributed by atoms with Crippen molar-refractivity contribution in [2.24, 2.45) is 0 Å². The molecule has 0 saturated carbocycles. The Balaban J connectivity index is 2.14. The number of halogens is 1. The molecule has 0 aromatic heterocycles. The maximum absolute atomic E-state index is 3.58. The first-order valence-electron chi connectivity index (χ1n) is 7.45. The molecule has 0 heterocycles. The molecule has 2 nitrogen and oxygen atoms in total. The van der Waals surface area contributed by atoms with Crippen LogP contribution in [0.4, 0.5) is 5.69 Å². The molecule has 0 spiro atoms. The molecule has 2 aromatic carbocycles. The molecule has 0 saturated heterocycles. The van der Waals surface area contributed by atoms with Crippen LogP contribution in [0.5, 0.6) is 0 Å². The van der Waals surface area contributed by atoms with Gasteiger partial charge in [-0.2, -0.15) is 0 Å². The second-order valence-corrected chi connectivity index (χ2v) is 6.21. The number of rotatable bonds is 7. The van der Waals surface area contributed by atoms with E-state index in [-0.39, 0.29) is 0 Å². The van der Waals surface area contributed by atoms with E-state index in [9.17, 15) is 0 Å². The summed E-state index contributed by atoms with van der Waals surface area (Å²) in [4.78, 5) is 2.31. The lowest BCUT2D eigenvalue weighted by molar-refractivity contribution is 0.673. The molecule has 3 heteroatoms. The first-order chi connectivity index (χ1) is 10.2. The van der Waals surface area contributed by atoms with Gasteiger partial charge in [-0.25, -0.2) is 0 Å². The predicted molar refractivity (Wildman–Crippen MR) is 94.7 cm³/mol. The van der Waals surface area contributed by atoms with Crippen LogP contribution in [0.15, 0.2) is 53.0 Å². The Morgan fingerprint density at radius 1 is 1.10 bits per heavy atom. The van der Waals surface area contributed by atoms with Gasteiger partial charge in [-0.3, -0.25) is 0 Å². The van der Waals surface area contributed by atoms with E-state index in [0.717, 1.165) is 30.5 Å². The van der Waals surface area contributed by atoms with Gasteiger partial charge in [0.15, 0.2) is 0 Å². The summed E-state index contributed by atoms with van der Waals surface area (Å²) in [6, 6.07) is 17.1. The van der Waals surface area contributed by atoms with E-state index in [2.05, 4.69) is 88.6 Å². The van der Waals surface area contributed by atoms with Crippen molar-refractivity contribution >= 4 is 21.6 Å². The highest BCUT2D eigenvalue weighted by Crippen LogP contribution is 2.25. The van der Waals surface area contributed by atoms with Gasteiger partial charge in [0.2, 0.25) is 0 Å². The largest absolute Gasteiger partial charge is 0.370 e. The molecule has 0 bridgehead atoms. The van der Waals surface area contributed by atoms with E-state index in [1.165, 1.54) is 16.8 Å². The summed E-state index contributed by atoms with van der Waals surface area (Å²) in [5, 5.41) is 3.49. The van der Waals surface area contributed by atoms with Gasteiger partial charge in [-0.05, 0) is 36.2 Å². The van der Waals surface area contributed by atoms with Crippen LogP contribution in [-0.4, -0.2) is 13.6 Å². The van der Waals surface area contributed by atoms with E-state index in [0.29, 0.717) is 0 Å². The second-order valence-electron chi connectivity index (χ2n) is 5.29. The van der Waals surface area contributed by atoms with Gasteiger partial charge in [-0.1, -0.05) is 59.3 Å². The molecule has 0 amide bonds. The molecule has 2 aromatic rings. The van der Waals surface area contributed by atoms with Crippen LogP contribution >= 0.6 is 15.9 Å². The molecule has 112 valence electrons. The molecule has 0 aliphatic rings. The fourth-order valence-electron chi connectivity index (χ4n) is 2.38. The lowest BCUT2D eigenvalue weighted by atomic mass is 10.1. The van der Waals surface area contributed by atoms with Crippen LogP contribution in [0.2, 0.25) is 0 Å². The average Bonchev–Trinajstić information content (AvgIpc) is 2.50. The average molecular weight is 347 g/mol. The van der Waals surface area contributed by atoms with E-state index >= 15 is 0 Å². The maximum Gasteiger partial charge on any atom is 0.0426 e. The summed E-state index contributed by atoms with van der Waals surface area (Å²) >= 11 is 3.58. The number of nitrogens with one attached hydrogen (secondary N) is 1. The van der Waals surface area contributed by atoms with Crippen LogP contribution in [0, 0.1) is 0 Å². The highest BCUT2D eigenvalue weighted by Gasteiger charge is 2.08. The number of benzene rings is 2. The zero-order valence-electron chi connectivity index (χ0n) is 12.8. The molecule has 1 N–H and O–H groups in total. The first-order valence-corrected chi connectivity index (χ1v) is 8.24. The molecular weight excluding hydrogens is 324 g/mol. The topological polar surface area (TPSA) is 15.3 Å². The maximum atomic E-state index is 3.58. The number of hydrogen-bond acceptors (Lipinski definition) is 2. The summed E-state index contributed by atoms with van der Waals surface area (Å²) < 4.78 is 1.12. The van der Waals surface area contributed by atoms with Crippen LogP contribution in [0.25, 0.3) is 0 Å². The fourth-order valence-corrected chi connectivity index (χ4v) is 2.73. The summed E-state index contributed by atoms with van der Waals surface area (Å²) in [5.74, 6) is 0. The highest BCUT2D eigenvalue weighted by molar-refractivity contribution is 9.10. The Hall–Kier alpha value is -1.32. The Morgan fingerprint density at radius 2 is 1.86 bits per heavy atom. The quantitative estimate of drug-likeness (QED) is 0.738. The van der Waals surface area contributed by atoms with Gasteiger partial charge >= 0.3 is 0 Å². The standard InChI is InChI=1S/C18H23BrN2/c1-3-11-20-13-16-9-10-17(19)12-18(16)21(2)14-15-7-5-4-6-8-15/h4-10,12,20H,3,11,13-14H2,1-2H3. The third-order valence-electron chi connectivity index (χ3n) is 3.46. The number of hydrogen-bond donors (Lipinski definition) is 1. The van der Waals surface area contributed by atoms with E-state index in [1.54, 1.807) is 0 Å². The third kappa shape index (κ3) is 4.87. The Labute approximate surface area is 136 Å². The predicted octanol–water partition coefficient (Wildman–Crippen LogP) is 4.59. The molecule has 2 rings (SSSR count). The monoisotopic (exact) mass is 346 g/mol. The van der Waals surface area contributed by atoms with Crippen molar-refractivity contribution in [3.05, 3.63) is 64.1 Å². The van der Waals surface area contributed by atoms with Crippen molar-refractivity contribution in [1.82, 2.24) is 5.32 Å². The van der Waals surface area contributed by atoms with Gasteiger partial charge in [0.25, 0.3) is 0 Å². The molecule has 0 aliphatic carbocycles. The first kappa shape index (κ1) is 16.1. The number of nitrogens with zero attached hydrogens (tertiary/aromatic N) is 1. The summed E-state index contributed by atoms with van der Waals surface area (Å²) in [7, 11) is 2.15. The lowest BCUT2D eigenvalue weighted by Crippen LogP contribution is -2.21. The normalized spacial score (nSPS) is 10.6. The minimum absolute atomic E-state index is 0.912. The molecular formula is C18H23BrN2. The van der Waals surface area contributed by atoms with E-state index in [4.69, 9.17) is 0 Å². The summed E-state index contributed by atoms with van der Waals surface area (Å²) in [5.41, 5.74) is 3.94. The van der Waals surface area contributed by atoms with Gasteiger partial charge < -0.3 is 10.2 Å². The summed E-state index contributed by atoms with van der Waals surface area (Å²) in [6.45, 7) is 5.07. The molecule has 0 fully saturated rings. The van der Waals surface area contributed by atoms with Crippen molar-refractivity contribution in [2.45, 2.75) is 26.4 Å². The zero-order valence-corrected chi connectivity index (χ0v) is 14.4. The van der Waals surface area contributed by atoms with Crippen LogP contribution in [-0.2, 0) is 13.1 Å². The van der Waals surface area contributed by atoms with Gasteiger partial charge in [-0.15, -0.1) is 0 Å². The molecule has 0 radical (unpaired) electrons. The van der Waals surface area contributed by atoms with Crippen molar-refractivity contribution in [1.29, 1.82) is 0 Å². The highest BCUT2D eigenvalue weighted by atomic mass is 79.9. The molecule has 0 aliphatic heterocycles.